The van der Waals surface area contributed by atoms with E-state index in [0.717, 1.165) is 12.5 Å². The Labute approximate surface area is 128 Å². The molecule has 0 aromatic carbocycles. The largest absolute Gasteiger partial charge is 0.309 e. The Bertz CT molecular complexity index is 419. The molecule has 0 aliphatic carbocycles. The van der Waals surface area contributed by atoms with Crippen LogP contribution < -0.4 is 5.32 Å². The standard InChI is InChI=1S/C17H30N2S/c1-12(2)17(19-8-6-7-9-19)11-18-14(4)16-10-13(3)20-15(16)5/h10,12,14,17-18H,6-9,11H2,1-5H3. The third-order valence-electron chi connectivity index (χ3n) is 4.56. The Kier molecular flexibility index (Phi) is 5.65. The van der Waals surface area contributed by atoms with E-state index >= 15 is 0 Å². The molecule has 20 heavy (non-hydrogen) atoms. The molecule has 1 aliphatic rings. The third-order valence-corrected chi connectivity index (χ3v) is 5.54. The van der Waals surface area contributed by atoms with Gasteiger partial charge in [0.25, 0.3) is 0 Å². The van der Waals surface area contributed by atoms with Crippen LogP contribution in [-0.2, 0) is 0 Å². The van der Waals surface area contributed by atoms with Gasteiger partial charge in [0.05, 0.1) is 0 Å². The highest BCUT2D eigenvalue weighted by atomic mass is 32.1. The summed E-state index contributed by atoms with van der Waals surface area (Å²) in [4.78, 5) is 5.56. The zero-order valence-electron chi connectivity index (χ0n) is 13.7. The van der Waals surface area contributed by atoms with Crippen LogP contribution in [0, 0.1) is 19.8 Å². The lowest BCUT2D eigenvalue weighted by Crippen LogP contribution is -2.44. The molecule has 0 bridgehead atoms. The Balaban J connectivity index is 1.93. The van der Waals surface area contributed by atoms with E-state index in [2.05, 4.69) is 50.9 Å². The van der Waals surface area contributed by atoms with Crippen LogP contribution in [0.5, 0.6) is 0 Å². The van der Waals surface area contributed by atoms with E-state index in [9.17, 15) is 0 Å². The van der Waals surface area contributed by atoms with Crippen molar-refractivity contribution in [1.29, 1.82) is 0 Å². The topological polar surface area (TPSA) is 15.3 Å². The van der Waals surface area contributed by atoms with E-state index in [0.29, 0.717) is 12.1 Å². The van der Waals surface area contributed by atoms with Crippen molar-refractivity contribution < 1.29 is 0 Å². The maximum Gasteiger partial charge on any atom is 0.0303 e. The minimum absolute atomic E-state index is 0.462. The number of aryl methyl sites for hydroxylation is 2. The van der Waals surface area contributed by atoms with Crippen LogP contribution in [0.15, 0.2) is 6.07 Å². The van der Waals surface area contributed by atoms with Crippen LogP contribution >= 0.6 is 11.3 Å². The molecule has 114 valence electrons. The van der Waals surface area contributed by atoms with Gasteiger partial charge in [0.15, 0.2) is 0 Å². The highest BCUT2D eigenvalue weighted by Gasteiger charge is 2.25. The molecule has 1 saturated heterocycles. The molecule has 2 unspecified atom stereocenters. The van der Waals surface area contributed by atoms with Gasteiger partial charge in [0.2, 0.25) is 0 Å². The lowest BCUT2D eigenvalue weighted by Gasteiger charge is -2.32. The second-order valence-corrected chi connectivity index (χ2v) is 8.01. The van der Waals surface area contributed by atoms with Crippen LogP contribution in [0.4, 0.5) is 0 Å². The number of nitrogens with zero attached hydrogens (tertiary/aromatic N) is 1. The van der Waals surface area contributed by atoms with Crippen molar-refractivity contribution in [2.45, 2.75) is 59.5 Å². The summed E-state index contributed by atoms with van der Waals surface area (Å²) in [5, 5.41) is 3.78. The van der Waals surface area contributed by atoms with Crippen molar-refractivity contribution in [3.8, 4) is 0 Å². The van der Waals surface area contributed by atoms with Gasteiger partial charge >= 0.3 is 0 Å². The lowest BCUT2D eigenvalue weighted by molar-refractivity contribution is 0.183. The fourth-order valence-electron chi connectivity index (χ4n) is 3.35. The maximum atomic E-state index is 3.78. The summed E-state index contributed by atoms with van der Waals surface area (Å²) in [5.41, 5.74) is 1.48. The van der Waals surface area contributed by atoms with Gasteiger partial charge in [-0.2, -0.15) is 0 Å². The number of likely N-dealkylation sites (tertiary alicyclic amines) is 1. The molecule has 1 aliphatic heterocycles. The molecule has 1 fully saturated rings. The SMILES string of the molecule is Cc1cc(C(C)NCC(C(C)C)N2CCCC2)c(C)s1. The van der Waals surface area contributed by atoms with Crippen molar-refractivity contribution in [2.24, 2.45) is 5.92 Å². The monoisotopic (exact) mass is 294 g/mol. The smallest absolute Gasteiger partial charge is 0.0303 e. The predicted octanol–water partition coefficient (Wildman–Crippen LogP) is 4.14. The summed E-state index contributed by atoms with van der Waals surface area (Å²) in [6, 6.07) is 3.49. The number of rotatable bonds is 6. The average molecular weight is 295 g/mol. The van der Waals surface area contributed by atoms with E-state index in [1.54, 1.807) is 0 Å². The van der Waals surface area contributed by atoms with Crippen LogP contribution in [0.1, 0.15) is 55.0 Å². The molecule has 1 aromatic rings. The zero-order valence-corrected chi connectivity index (χ0v) is 14.5. The van der Waals surface area contributed by atoms with Crippen molar-refractivity contribution in [3.63, 3.8) is 0 Å². The van der Waals surface area contributed by atoms with E-state index in [1.807, 2.05) is 11.3 Å². The van der Waals surface area contributed by atoms with E-state index < -0.39 is 0 Å². The first-order valence-corrected chi connectivity index (χ1v) is 8.85. The predicted molar refractivity (Wildman–Crippen MR) is 89.6 cm³/mol. The number of hydrogen-bond donors (Lipinski definition) is 1. The number of nitrogens with one attached hydrogen (secondary N) is 1. The number of hydrogen-bond acceptors (Lipinski definition) is 3. The molecule has 0 radical (unpaired) electrons. The van der Waals surface area contributed by atoms with Gasteiger partial charge in [-0.05, 0) is 64.3 Å². The van der Waals surface area contributed by atoms with Crippen LogP contribution in [0.2, 0.25) is 0 Å². The molecule has 2 nitrogen and oxygen atoms in total. The molecule has 3 heteroatoms. The molecule has 2 heterocycles. The first-order valence-electron chi connectivity index (χ1n) is 8.03. The summed E-state index contributed by atoms with van der Waals surface area (Å²) < 4.78 is 0. The minimum Gasteiger partial charge on any atom is -0.309 e. The second kappa shape index (κ2) is 7.06. The molecule has 2 rings (SSSR count). The van der Waals surface area contributed by atoms with Crippen molar-refractivity contribution in [1.82, 2.24) is 10.2 Å². The third kappa shape index (κ3) is 3.84. The maximum absolute atomic E-state index is 3.78. The molecular formula is C17H30N2S. The molecule has 1 N–H and O–H groups in total. The highest BCUT2D eigenvalue weighted by Crippen LogP contribution is 2.26. The fourth-order valence-corrected chi connectivity index (χ4v) is 4.37. The van der Waals surface area contributed by atoms with Gasteiger partial charge in [-0.25, -0.2) is 0 Å². The molecule has 1 aromatic heterocycles. The molecular weight excluding hydrogens is 264 g/mol. The van der Waals surface area contributed by atoms with Crippen molar-refractivity contribution >= 4 is 11.3 Å². The Morgan fingerprint density at radius 1 is 1.20 bits per heavy atom. The fraction of sp³-hybridized carbons (Fsp3) is 0.765. The molecule has 0 amide bonds. The highest BCUT2D eigenvalue weighted by molar-refractivity contribution is 7.12. The van der Waals surface area contributed by atoms with Crippen molar-refractivity contribution in [2.75, 3.05) is 19.6 Å². The molecule has 0 spiro atoms. The Morgan fingerprint density at radius 2 is 1.85 bits per heavy atom. The first kappa shape index (κ1) is 16.0. The summed E-state index contributed by atoms with van der Waals surface area (Å²) >= 11 is 1.91. The molecule has 2 atom stereocenters. The van der Waals surface area contributed by atoms with Gasteiger partial charge < -0.3 is 5.32 Å². The van der Waals surface area contributed by atoms with Crippen LogP contribution in [0.25, 0.3) is 0 Å². The van der Waals surface area contributed by atoms with Gasteiger partial charge in [-0.15, -0.1) is 11.3 Å². The van der Waals surface area contributed by atoms with Gasteiger partial charge in [-0.3, -0.25) is 4.90 Å². The first-order chi connectivity index (χ1) is 9.49. The second-order valence-electron chi connectivity index (χ2n) is 6.55. The number of thiophene rings is 1. The van der Waals surface area contributed by atoms with Crippen LogP contribution in [-0.4, -0.2) is 30.6 Å². The van der Waals surface area contributed by atoms with Gasteiger partial charge in [0.1, 0.15) is 0 Å². The lowest BCUT2D eigenvalue weighted by atomic mass is 10.0. The van der Waals surface area contributed by atoms with E-state index in [1.165, 1.54) is 41.2 Å². The minimum atomic E-state index is 0.462. The van der Waals surface area contributed by atoms with Crippen molar-refractivity contribution in [3.05, 3.63) is 21.4 Å². The zero-order chi connectivity index (χ0) is 14.7. The summed E-state index contributed by atoms with van der Waals surface area (Å²) in [6.45, 7) is 15.1. The van der Waals surface area contributed by atoms with E-state index in [4.69, 9.17) is 0 Å². The quantitative estimate of drug-likeness (QED) is 0.848. The summed E-state index contributed by atoms with van der Waals surface area (Å²) in [6.07, 6.45) is 2.75. The Hall–Kier alpha value is -0.380. The average Bonchev–Trinajstić information content (AvgIpc) is 2.99. The molecule has 0 saturated carbocycles. The van der Waals surface area contributed by atoms with Gasteiger partial charge in [-0.1, -0.05) is 13.8 Å². The normalized spacial score (nSPS) is 19.7. The summed E-state index contributed by atoms with van der Waals surface area (Å²) in [5.74, 6) is 0.720. The summed E-state index contributed by atoms with van der Waals surface area (Å²) in [7, 11) is 0. The van der Waals surface area contributed by atoms with Crippen LogP contribution in [0.3, 0.4) is 0 Å². The Morgan fingerprint density at radius 3 is 2.35 bits per heavy atom. The van der Waals surface area contributed by atoms with Gasteiger partial charge in [0, 0.05) is 28.4 Å². The van der Waals surface area contributed by atoms with E-state index in [-0.39, 0.29) is 0 Å².